The molecule has 14 heavy (non-hydrogen) atoms. The van der Waals surface area contributed by atoms with E-state index in [9.17, 15) is 4.79 Å². The largest absolute Gasteiger partial charge is 0.351 e. The molecule has 1 rings (SSSR count). The molecule has 0 spiro atoms. The van der Waals surface area contributed by atoms with Gasteiger partial charge >= 0.3 is 6.03 Å². The summed E-state index contributed by atoms with van der Waals surface area (Å²) in [6, 6.07) is 7.17. The van der Waals surface area contributed by atoms with Crippen molar-refractivity contribution in [2.24, 2.45) is 5.73 Å². The van der Waals surface area contributed by atoms with Gasteiger partial charge in [0.15, 0.2) is 0 Å². The van der Waals surface area contributed by atoms with Gasteiger partial charge in [0.25, 0.3) is 0 Å². The number of benzene rings is 1. The molecule has 0 aliphatic heterocycles. The van der Waals surface area contributed by atoms with Gasteiger partial charge in [-0.2, -0.15) is 0 Å². The number of amides is 2. The molecule has 0 aliphatic rings. The van der Waals surface area contributed by atoms with Crippen LogP contribution in [0.1, 0.15) is 29.2 Å². The van der Waals surface area contributed by atoms with Gasteiger partial charge in [-0.3, -0.25) is 0 Å². The van der Waals surface area contributed by atoms with E-state index < -0.39 is 6.03 Å². The van der Waals surface area contributed by atoms with Crippen LogP contribution in [0.25, 0.3) is 0 Å². The molecule has 0 heterocycles. The van der Waals surface area contributed by atoms with Crippen LogP contribution in [0.4, 0.5) is 10.5 Å². The van der Waals surface area contributed by atoms with Crippen molar-refractivity contribution in [2.75, 3.05) is 5.32 Å². The van der Waals surface area contributed by atoms with E-state index in [1.807, 2.05) is 24.3 Å². The van der Waals surface area contributed by atoms with Crippen molar-refractivity contribution in [1.29, 1.82) is 0 Å². The highest BCUT2D eigenvalue weighted by atomic mass is 16.2. The Morgan fingerprint density at radius 2 is 2.07 bits per heavy atom. The van der Waals surface area contributed by atoms with E-state index in [4.69, 9.17) is 5.73 Å². The zero-order valence-corrected chi connectivity index (χ0v) is 8.79. The van der Waals surface area contributed by atoms with Crippen molar-refractivity contribution in [3.05, 3.63) is 29.8 Å². The van der Waals surface area contributed by atoms with E-state index >= 15 is 0 Å². The number of urea groups is 1. The number of anilines is 1. The number of carbonyl (C=O) groups excluding carboxylic acids is 1. The minimum Gasteiger partial charge on any atom is -0.351 e. The van der Waals surface area contributed by atoms with Crippen LogP contribution in [0.3, 0.4) is 0 Å². The van der Waals surface area contributed by atoms with Crippen LogP contribution in [0, 0.1) is 0 Å². The van der Waals surface area contributed by atoms with Gasteiger partial charge in [0.1, 0.15) is 0 Å². The van der Waals surface area contributed by atoms with Crippen molar-refractivity contribution in [2.45, 2.75) is 26.2 Å². The van der Waals surface area contributed by atoms with Crippen LogP contribution >= 0.6 is 0 Å². The van der Waals surface area contributed by atoms with E-state index in [-0.39, 0.29) is 8.27 Å². The fourth-order valence-corrected chi connectivity index (χ4v) is 1.21. The lowest BCUT2D eigenvalue weighted by Crippen LogP contribution is -2.20. The van der Waals surface area contributed by atoms with Crippen molar-refractivity contribution < 1.29 is 7.65 Å². The third kappa shape index (κ3) is 2.76. The molecule has 0 saturated carbocycles. The second kappa shape index (κ2) is 3.70. The van der Waals surface area contributed by atoms with Gasteiger partial charge in [-0.15, -0.1) is 0 Å². The summed E-state index contributed by atoms with van der Waals surface area (Å²) in [5.41, 5.74) is 7.02. The van der Waals surface area contributed by atoms with Crippen molar-refractivity contribution in [1.82, 2.24) is 0 Å². The van der Waals surface area contributed by atoms with E-state index in [0.29, 0.717) is 0 Å². The van der Waals surface area contributed by atoms with Gasteiger partial charge in [0, 0.05) is 8.54 Å². The van der Waals surface area contributed by atoms with Crippen molar-refractivity contribution >= 4 is 11.7 Å². The second-order valence-corrected chi connectivity index (χ2v) is 4.32. The summed E-state index contributed by atoms with van der Waals surface area (Å²) in [4.78, 5) is 10.6. The highest BCUT2D eigenvalue weighted by Gasteiger charge is 2.13. The first kappa shape index (κ1) is 10.6. The Bertz CT molecular complexity index is 348. The zero-order chi connectivity index (χ0) is 10.8. The molecule has 3 heteroatoms. The van der Waals surface area contributed by atoms with Gasteiger partial charge in [-0.05, 0) is 23.1 Å². The Morgan fingerprint density at radius 1 is 1.43 bits per heavy atom. The van der Waals surface area contributed by atoms with Crippen LogP contribution in [-0.4, -0.2) is 6.03 Å². The highest BCUT2D eigenvalue weighted by molar-refractivity contribution is 5.87. The maximum Gasteiger partial charge on any atom is 0.316 e. The number of hydrogen-bond acceptors (Lipinski definition) is 1. The Morgan fingerprint density at radius 3 is 2.57 bits per heavy atom. The predicted octanol–water partition coefficient (Wildman–Crippen LogP) is 2.97. The molecule has 1 aromatic rings. The lowest BCUT2D eigenvalue weighted by atomic mass is 9.87. The summed E-state index contributed by atoms with van der Waals surface area (Å²) >= 11 is 0. The number of nitrogens with one attached hydrogen (secondary N) is 1. The molecule has 0 saturated heterocycles. The molecular formula is C11H20N2O. The zero-order valence-electron chi connectivity index (χ0n) is 8.79. The Hall–Kier alpha value is -1.51. The number of hydrogen-bond donors (Lipinski definition) is 2. The summed E-state index contributed by atoms with van der Waals surface area (Å²) in [7, 11) is 0. The van der Waals surface area contributed by atoms with E-state index in [0.717, 1.165) is 5.69 Å². The van der Waals surface area contributed by atoms with E-state index in [1.54, 1.807) is 0 Å². The standard InChI is InChI=1S/C11H16N2O.2H2/c1-11(2,3)8-5-4-6-9(7-8)13-10(12)14;;/h4-7H,1-3H3,(H3,12,13,14);2*1H. The van der Waals surface area contributed by atoms with Crippen molar-refractivity contribution in [3.63, 3.8) is 0 Å². The minimum atomic E-state index is -0.531. The molecule has 0 unspecified atom stereocenters. The predicted molar refractivity (Wildman–Crippen MR) is 62.6 cm³/mol. The number of rotatable bonds is 1. The molecule has 3 nitrogen and oxygen atoms in total. The molecule has 0 fully saturated rings. The van der Waals surface area contributed by atoms with E-state index in [2.05, 4.69) is 26.1 Å². The fourth-order valence-electron chi connectivity index (χ4n) is 1.21. The Labute approximate surface area is 87.3 Å². The van der Waals surface area contributed by atoms with E-state index in [1.165, 1.54) is 5.56 Å². The van der Waals surface area contributed by atoms with Crippen LogP contribution in [0.15, 0.2) is 24.3 Å². The first-order chi connectivity index (χ1) is 6.39. The van der Waals surface area contributed by atoms with Gasteiger partial charge in [-0.1, -0.05) is 32.9 Å². The van der Waals surface area contributed by atoms with Crippen LogP contribution < -0.4 is 11.1 Å². The molecule has 0 bridgehead atoms. The second-order valence-electron chi connectivity index (χ2n) is 4.32. The van der Waals surface area contributed by atoms with Gasteiger partial charge in [-0.25, -0.2) is 4.79 Å². The lowest BCUT2D eigenvalue weighted by molar-refractivity contribution is 0.259. The SMILES string of the molecule is CC(C)(C)c1cccc(NC(N)=O)c1.[HH].[HH]. The summed E-state index contributed by atoms with van der Waals surface area (Å²) < 4.78 is 0. The monoisotopic (exact) mass is 196 g/mol. The maximum absolute atomic E-state index is 10.6. The summed E-state index contributed by atoms with van der Waals surface area (Å²) in [6.07, 6.45) is 0. The third-order valence-electron chi connectivity index (χ3n) is 2.00. The lowest BCUT2D eigenvalue weighted by Gasteiger charge is -2.19. The molecule has 0 aliphatic carbocycles. The quantitative estimate of drug-likeness (QED) is 0.712. The van der Waals surface area contributed by atoms with Crippen LogP contribution in [-0.2, 0) is 5.41 Å². The molecule has 0 radical (unpaired) electrons. The van der Waals surface area contributed by atoms with Crippen molar-refractivity contribution in [3.8, 4) is 0 Å². The Kier molecular flexibility index (Phi) is 2.79. The molecule has 0 atom stereocenters. The molecule has 3 N–H and O–H groups in total. The average Bonchev–Trinajstić information content (AvgIpc) is 2.01. The van der Waals surface area contributed by atoms with Gasteiger partial charge in [0.2, 0.25) is 0 Å². The maximum atomic E-state index is 10.6. The minimum absolute atomic E-state index is 0. The van der Waals surface area contributed by atoms with Crippen LogP contribution in [0.2, 0.25) is 0 Å². The molecular weight excluding hydrogens is 176 g/mol. The molecule has 0 aromatic heterocycles. The fraction of sp³-hybridized carbons (Fsp3) is 0.364. The number of carbonyl (C=O) groups is 1. The van der Waals surface area contributed by atoms with Gasteiger partial charge in [0.05, 0.1) is 0 Å². The highest BCUT2D eigenvalue weighted by Crippen LogP contribution is 2.24. The van der Waals surface area contributed by atoms with Gasteiger partial charge < -0.3 is 11.1 Å². The average molecular weight is 196 g/mol. The topological polar surface area (TPSA) is 55.1 Å². The molecule has 1 aromatic carbocycles. The summed E-state index contributed by atoms with van der Waals surface area (Å²) in [5, 5.41) is 2.56. The summed E-state index contributed by atoms with van der Waals surface area (Å²) in [5.74, 6) is 0. The molecule has 80 valence electrons. The Balaban J connectivity index is 0. The first-order valence-corrected chi connectivity index (χ1v) is 4.56. The number of primary amides is 1. The first-order valence-electron chi connectivity index (χ1n) is 4.56. The molecule has 2 amide bonds. The smallest absolute Gasteiger partial charge is 0.316 e. The van der Waals surface area contributed by atoms with Crippen LogP contribution in [0.5, 0.6) is 0 Å². The summed E-state index contributed by atoms with van der Waals surface area (Å²) in [6.45, 7) is 6.36. The normalized spacial score (nSPS) is 11.1. The number of nitrogens with two attached hydrogens (primary N) is 1. The third-order valence-corrected chi connectivity index (χ3v) is 2.00.